The first-order valence-corrected chi connectivity index (χ1v) is 27.1. The third kappa shape index (κ3) is 11.6. The highest BCUT2D eigenvalue weighted by Crippen LogP contribution is 2.48. The van der Waals surface area contributed by atoms with Crippen molar-refractivity contribution in [3.63, 3.8) is 0 Å². The van der Waals surface area contributed by atoms with Gasteiger partial charge in [0.25, 0.3) is 0 Å². The molecule has 0 bridgehead atoms. The van der Waals surface area contributed by atoms with Gasteiger partial charge in [-0.1, -0.05) is 6.07 Å². The molecule has 0 radical (unpaired) electrons. The number of aliphatic hydroxyl groups is 6. The fraction of sp³-hybridized carbons (Fsp3) is 0.709. The summed E-state index contributed by atoms with van der Waals surface area (Å²) >= 11 is 0. The minimum Gasteiger partial charge on any atom is -0.507 e. The van der Waals surface area contributed by atoms with Crippen LogP contribution in [0.2, 0.25) is 0 Å². The summed E-state index contributed by atoms with van der Waals surface area (Å²) in [5.41, 5.74) is 0.296. The lowest BCUT2D eigenvalue weighted by molar-refractivity contribution is -0.340. The lowest BCUT2D eigenvalue weighted by atomic mass is 9.72. The monoisotopic (exact) mass is 1090 g/mol. The average molecular weight is 1090 g/mol. The summed E-state index contributed by atoms with van der Waals surface area (Å²) in [6.45, 7) is 12.2. The number of rotatable bonds is 12. The highest BCUT2D eigenvalue weighted by Gasteiger charge is 2.49. The number of phenolic OH excluding ortho intramolecular Hbond substituents is 2. The second kappa shape index (κ2) is 23.0. The predicted octanol–water partition coefficient (Wildman–Crippen LogP) is 2.85. The quantitative estimate of drug-likeness (QED) is 0.152. The number of aliphatic hydroxyl groups excluding tert-OH is 6. The van der Waals surface area contributed by atoms with Crippen molar-refractivity contribution in [2.75, 3.05) is 0 Å². The second-order valence-electron chi connectivity index (χ2n) is 22.1. The van der Waals surface area contributed by atoms with E-state index in [0.29, 0.717) is 36.8 Å². The van der Waals surface area contributed by atoms with Crippen LogP contribution in [0.5, 0.6) is 17.2 Å². The maximum atomic E-state index is 14.4. The molecule has 22 nitrogen and oxygen atoms in total. The van der Waals surface area contributed by atoms with Crippen molar-refractivity contribution in [2.24, 2.45) is 0 Å². The molecule has 2 aromatic carbocycles. The molecule has 0 aromatic heterocycles. The van der Waals surface area contributed by atoms with E-state index in [2.05, 4.69) is 0 Å². The first kappa shape index (κ1) is 56.5. The highest BCUT2D eigenvalue weighted by molar-refractivity contribution is 6.43. The molecule has 6 heterocycles. The first-order valence-electron chi connectivity index (χ1n) is 27.1. The van der Waals surface area contributed by atoms with Crippen LogP contribution in [-0.4, -0.2) is 194 Å². The maximum Gasteiger partial charge on any atom is 0.202 e. The van der Waals surface area contributed by atoms with Crippen molar-refractivity contribution in [1.29, 1.82) is 0 Å². The Balaban J connectivity index is 0.701. The number of aryl methyl sites for hydroxylation is 1. The Morgan fingerprint density at radius 2 is 1.00 bits per heavy atom. The minimum atomic E-state index is -1.36. The first-order chi connectivity index (χ1) is 36.6. The molecule has 22 unspecified atom stereocenters. The summed E-state index contributed by atoms with van der Waals surface area (Å²) in [5, 5.41) is 88.0. The molecule has 6 aliphatic heterocycles. The van der Waals surface area contributed by atoms with E-state index in [1.54, 1.807) is 47.6 Å². The summed E-state index contributed by atoms with van der Waals surface area (Å²) < 4.78 is 74.2. The number of allylic oxidation sites excluding steroid dienone is 1. The highest BCUT2D eigenvalue weighted by atomic mass is 16.8. The number of aromatic hydroxyl groups is 2. The number of fused-ring (bicyclic) bond motifs is 3. The molecule has 22 heteroatoms. The van der Waals surface area contributed by atoms with E-state index in [4.69, 9.17) is 56.8 Å². The van der Waals surface area contributed by atoms with Crippen LogP contribution in [0.1, 0.15) is 130 Å². The largest absolute Gasteiger partial charge is 0.507 e. The number of hydrogen-bond acceptors (Lipinski definition) is 22. The molecule has 77 heavy (non-hydrogen) atoms. The van der Waals surface area contributed by atoms with Gasteiger partial charge in [-0.05, 0) is 90.6 Å². The van der Waals surface area contributed by atoms with Crippen molar-refractivity contribution in [1.82, 2.24) is 0 Å². The SMILES string of the molecule is Cc1cc(O)c2c(c1)C[C@@H](O)C1=C2C(=O)c2c(OC3CC(O)C(OC4CC(OC5CCC(OC6CC(O)C(OC7CC(OC8CCC(O)C(C)O8)C(O)C(C)O7)C(C)O6)C(C)O5)C(O)C(C)O4)C(C)O3)ccc(O)c2C1=O. The van der Waals surface area contributed by atoms with Gasteiger partial charge in [0.1, 0.15) is 41.7 Å². The van der Waals surface area contributed by atoms with Crippen LogP contribution in [0.4, 0.5) is 0 Å². The Hall–Kier alpha value is -3.76. The summed E-state index contributed by atoms with van der Waals surface area (Å²) in [5.74, 6) is -2.36. The average Bonchev–Trinajstić information content (AvgIpc) is 3.51. The van der Waals surface area contributed by atoms with Crippen molar-refractivity contribution in [3.05, 3.63) is 57.7 Å². The summed E-state index contributed by atoms with van der Waals surface area (Å²) in [4.78, 5) is 28.4. The molecular weight excluding hydrogens is 1010 g/mol. The van der Waals surface area contributed by atoms with Gasteiger partial charge in [0.15, 0.2) is 43.0 Å². The van der Waals surface area contributed by atoms with Gasteiger partial charge in [0.2, 0.25) is 6.29 Å². The van der Waals surface area contributed by atoms with Crippen molar-refractivity contribution < 1.29 is 107 Å². The maximum absolute atomic E-state index is 14.4. The molecule has 6 fully saturated rings. The number of ether oxygens (including phenoxy) is 12. The van der Waals surface area contributed by atoms with Crippen LogP contribution in [0.15, 0.2) is 29.8 Å². The van der Waals surface area contributed by atoms with E-state index in [-0.39, 0.29) is 71.4 Å². The van der Waals surface area contributed by atoms with Crippen LogP contribution in [0.25, 0.3) is 5.57 Å². The molecule has 426 valence electrons. The number of hydrogen-bond donors (Lipinski definition) is 8. The predicted molar refractivity (Wildman–Crippen MR) is 264 cm³/mol. The Morgan fingerprint density at radius 3 is 1.58 bits per heavy atom. The lowest BCUT2D eigenvalue weighted by Gasteiger charge is -2.45. The number of Topliss-reactive ketones (excluding diaryl/α,β-unsaturated/α-hetero) is 2. The molecule has 23 atom stereocenters. The Labute approximate surface area is 445 Å². The van der Waals surface area contributed by atoms with Crippen LogP contribution >= 0.6 is 0 Å². The Bertz CT molecular complexity index is 2480. The van der Waals surface area contributed by atoms with Crippen molar-refractivity contribution in [2.45, 2.75) is 248 Å². The lowest BCUT2D eigenvalue weighted by Crippen LogP contribution is -2.56. The van der Waals surface area contributed by atoms with Gasteiger partial charge in [-0.3, -0.25) is 9.59 Å². The smallest absolute Gasteiger partial charge is 0.202 e. The summed E-state index contributed by atoms with van der Waals surface area (Å²) in [6, 6.07) is 5.71. The molecule has 2 aliphatic carbocycles. The van der Waals surface area contributed by atoms with Gasteiger partial charge in [0.05, 0.1) is 90.5 Å². The van der Waals surface area contributed by atoms with E-state index in [9.17, 15) is 50.4 Å². The van der Waals surface area contributed by atoms with Gasteiger partial charge in [-0.2, -0.15) is 0 Å². The zero-order chi connectivity index (χ0) is 54.9. The summed E-state index contributed by atoms with van der Waals surface area (Å²) in [7, 11) is 0. The van der Waals surface area contributed by atoms with E-state index in [1.807, 2.05) is 6.92 Å². The fourth-order valence-corrected chi connectivity index (χ4v) is 12.2. The molecule has 8 N–H and O–H groups in total. The minimum absolute atomic E-state index is 0.0193. The molecule has 0 spiro atoms. The normalized spacial score (nSPS) is 42.6. The zero-order valence-electron chi connectivity index (χ0n) is 44.2. The van der Waals surface area contributed by atoms with Gasteiger partial charge >= 0.3 is 0 Å². The van der Waals surface area contributed by atoms with Crippen molar-refractivity contribution in [3.8, 4) is 17.2 Å². The van der Waals surface area contributed by atoms with Gasteiger partial charge in [-0.15, -0.1) is 0 Å². The number of ketones is 2. The van der Waals surface area contributed by atoms with E-state index in [0.717, 1.165) is 0 Å². The van der Waals surface area contributed by atoms with Crippen LogP contribution in [-0.2, 0) is 58.5 Å². The number of carbonyl (C=O) groups excluding carboxylic acids is 2. The third-order valence-electron chi connectivity index (χ3n) is 16.3. The van der Waals surface area contributed by atoms with Gasteiger partial charge < -0.3 is 97.7 Å². The van der Waals surface area contributed by atoms with Crippen LogP contribution < -0.4 is 4.74 Å². The number of phenols is 2. The molecule has 8 aliphatic rings. The van der Waals surface area contributed by atoms with Crippen LogP contribution in [0, 0.1) is 6.92 Å². The number of benzene rings is 2. The molecule has 10 rings (SSSR count). The van der Waals surface area contributed by atoms with Crippen molar-refractivity contribution >= 4 is 17.1 Å². The second-order valence-corrected chi connectivity index (χ2v) is 22.1. The Kier molecular flexibility index (Phi) is 16.9. The van der Waals surface area contributed by atoms with E-state index < -0.39 is 159 Å². The molecule has 2 aromatic rings. The Morgan fingerprint density at radius 1 is 0.481 bits per heavy atom. The zero-order valence-corrected chi connectivity index (χ0v) is 44.2. The van der Waals surface area contributed by atoms with Gasteiger partial charge in [-0.25, -0.2) is 0 Å². The van der Waals surface area contributed by atoms with E-state index in [1.165, 1.54) is 18.2 Å². The topological polar surface area (TPSA) is 307 Å². The molecule has 6 saturated heterocycles. The third-order valence-corrected chi connectivity index (χ3v) is 16.3. The molecule has 0 saturated carbocycles. The van der Waals surface area contributed by atoms with E-state index >= 15 is 0 Å². The molecule has 0 amide bonds. The number of carbonyl (C=O) groups is 2. The molecular formula is C55H74O22. The fourth-order valence-electron chi connectivity index (χ4n) is 12.2. The standard InChI is InChI=1S/C55H74O22/c1-21-14-28-16-32(59)47-49(45(28)31(58)15-21)53(65)48-36(10-8-30(57)46(48)52(47)64)73-42-18-34(61)55(27(7)71-42)77-44-20-38(51(63)25(5)69-44)75-40-13-11-35(23(3)67-40)72-41-17-33(60)54(26(6)70-41)76-43-19-37(50(62)24(4)68-43)74-39-12-9-29(56)22(2)66-39/h8,10,14-15,22-27,29,32-35,37-44,50-51,54-63H,9,11-13,16-20H2,1-7H3/t22?,23?,24?,25?,26?,27?,29?,32-,33?,34?,35?,37?,38?,39?,40?,41?,42?,43?,44?,50?,51?,54?,55?/m1/s1. The summed E-state index contributed by atoms with van der Waals surface area (Å²) in [6.07, 6.45) is -16.2. The van der Waals surface area contributed by atoms with Crippen LogP contribution in [0.3, 0.4) is 0 Å². The van der Waals surface area contributed by atoms with Gasteiger partial charge in [0, 0.05) is 61.7 Å².